The molecule has 0 radical (unpaired) electrons. The maximum Gasteiger partial charge on any atom is 0.274 e. The van der Waals surface area contributed by atoms with E-state index in [0.717, 1.165) is 30.7 Å². The second-order valence-electron chi connectivity index (χ2n) is 7.56. The van der Waals surface area contributed by atoms with Gasteiger partial charge in [-0.3, -0.25) is 4.79 Å². The summed E-state index contributed by atoms with van der Waals surface area (Å²) in [6.07, 6.45) is 0.843. The first-order valence-electron chi connectivity index (χ1n) is 9.61. The standard InChI is InChI=1S/C19H25F2N7O/c1-25-11-14(17(18(20)21)26(25)2)23-19(29)15-7-5-13-6-8-16(24-28(13)15)27-9-3-4-12(22)10-27/h5-8,11-12,17-18H,3-4,9-10,22H2,1-2H3,(H,23,29)/t12-,17?/m1/s1. The quantitative estimate of drug-likeness (QED) is 0.797. The molecule has 8 nitrogen and oxygen atoms in total. The summed E-state index contributed by atoms with van der Waals surface area (Å²) in [5.41, 5.74) is 7.26. The van der Waals surface area contributed by atoms with Gasteiger partial charge in [-0.1, -0.05) is 0 Å². The number of nitrogens with two attached hydrogens (primary N) is 1. The van der Waals surface area contributed by atoms with Gasteiger partial charge in [0.15, 0.2) is 0 Å². The van der Waals surface area contributed by atoms with E-state index in [4.69, 9.17) is 5.73 Å². The Hall–Kier alpha value is -2.72. The van der Waals surface area contributed by atoms with Crippen molar-refractivity contribution in [3.05, 3.63) is 41.9 Å². The van der Waals surface area contributed by atoms with Gasteiger partial charge in [-0.25, -0.2) is 18.3 Å². The van der Waals surface area contributed by atoms with E-state index in [9.17, 15) is 13.6 Å². The van der Waals surface area contributed by atoms with Crippen molar-refractivity contribution < 1.29 is 13.6 Å². The second kappa shape index (κ2) is 7.60. The molecule has 29 heavy (non-hydrogen) atoms. The zero-order valence-corrected chi connectivity index (χ0v) is 16.4. The first-order valence-corrected chi connectivity index (χ1v) is 9.61. The predicted octanol–water partition coefficient (Wildman–Crippen LogP) is 1.26. The average molecular weight is 405 g/mol. The Balaban J connectivity index is 1.59. The van der Waals surface area contributed by atoms with Gasteiger partial charge in [-0.2, -0.15) is 0 Å². The molecule has 156 valence electrons. The number of hydrogen-bond donors (Lipinski definition) is 2. The summed E-state index contributed by atoms with van der Waals surface area (Å²) in [7, 11) is 3.20. The molecule has 1 saturated heterocycles. The number of rotatable bonds is 4. The molecule has 2 aromatic rings. The Kier molecular flexibility index (Phi) is 5.13. The first kappa shape index (κ1) is 19.6. The van der Waals surface area contributed by atoms with Gasteiger partial charge in [0.1, 0.15) is 17.6 Å². The highest BCUT2D eigenvalue weighted by molar-refractivity contribution is 5.95. The molecule has 2 aliphatic rings. The second-order valence-corrected chi connectivity index (χ2v) is 7.56. The summed E-state index contributed by atoms with van der Waals surface area (Å²) in [6, 6.07) is 6.11. The maximum absolute atomic E-state index is 13.5. The average Bonchev–Trinajstić information content (AvgIpc) is 3.22. The number of aromatic nitrogens is 2. The largest absolute Gasteiger partial charge is 0.354 e. The van der Waals surface area contributed by atoms with Gasteiger partial charge < -0.3 is 21.0 Å². The minimum Gasteiger partial charge on any atom is -0.354 e. The highest BCUT2D eigenvalue weighted by Gasteiger charge is 2.37. The van der Waals surface area contributed by atoms with Crippen molar-refractivity contribution in [2.24, 2.45) is 5.73 Å². The van der Waals surface area contributed by atoms with Crippen LogP contribution in [0.1, 0.15) is 23.3 Å². The van der Waals surface area contributed by atoms with Crippen molar-refractivity contribution >= 4 is 17.2 Å². The molecule has 1 fully saturated rings. The van der Waals surface area contributed by atoms with E-state index in [2.05, 4.69) is 15.3 Å². The molecular weight excluding hydrogens is 380 g/mol. The third-order valence-corrected chi connectivity index (χ3v) is 5.55. The number of halogens is 2. The lowest BCUT2D eigenvalue weighted by molar-refractivity contribution is -0.0134. The van der Waals surface area contributed by atoms with Crippen LogP contribution in [0.25, 0.3) is 5.52 Å². The van der Waals surface area contributed by atoms with Crippen LogP contribution < -0.4 is 16.0 Å². The van der Waals surface area contributed by atoms with Crippen LogP contribution in [-0.4, -0.2) is 71.2 Å². The summed E-state index contributed by atoms with van der Waals surface area (Å²) in [6.45, 7) is 1.57. The number of hydrazine groups is 1. The fraction of sp³-hybridized carbons (Fsp3) is 0.474. The molecule has 2 aliphatic heterocycles. The van der Waals surface area contributed by atoms with Gasteiger partial charge in [0.05, 0.1) is 11.2 Å². The molecule has 4 rings (SSSR count). The monoisotopic (exact) mass is 405 g/mol. The fourth-order valence-corrected chi connectivity index (χ4v) is 3.90. The van der Waals surface area contributed by atoms with Crippen LogP contribution in [-0.2, 0) is 0 Å². The van der Waals surface area contributed by atoms with Gasteiger partial charge in [0, 0.05) is 39.4 Å². The van der Waals surface area contributed by atoms with Crippen molar-refractivity contribution in [2.45, 2.75) is 31.4 Å². The minimum absolute atomic E-state index is 0.100. The predicted molar refractivity (Wildman–Crippen MR) is 105 cm³/mol. The third kappa shape index (κ3) is 3.65. The SMILES string of the molecule is CN1C=C(NC(=O)c2ccc3ccc(N4CCC[C@@H](N)C4)nn23)C(C(F)F)N1C. The molecule has 1 amide bonds. The van der Waals surface area contributed by atoms with Crippen LogP contribution in [0, 0.1) is 0 Å². The van der Waals surface area contributed by atoms with Gasteiger partial charge in [-0.05, 0) is 37.1 Å². The van der Waals surface area contributed by atoms with Gasteiger partial charge in [0.2, 0.25) is 0 Å². The van der Waals surface area contributed by atoms with Gasteiger partial charge >= 0.3 is 0 Å². The molecule has 4 heterocycles. The maximum atomic E-state index is 13.5. The highest BCUT2D eigenvalue weighted by Crippen LogP contribution is 2.24. The van der Waals surface area contributed by atoms with Gasteiger partial charge in [0.25, 0.3) is 12.3 Å². The number of hydrogen-bond acceptors (Lipinski definition) is 6. The Morgan fingerprint density at radius 3 is 2.76 bits per heavy atom. The van der Waals surface area contributed by atoms with E-state index in [-0.39, 0.29) is 17.4 Å². The number of nitrogens with zero attached hydrogens (tertiary/aromatic N) is 5. The van der Waals surface area contributed by atoms with E-state index < -0.39 is 18.4 Å². The van der Waals surface area contributed by atoms with E-state index in [1.807, 2.05) is 12.1 Å². The lowest BCUT2D eigenvalue weighted by Gasteiger charge is -2.31. The van der Waals surface area contributed by atoms with Crippen molar-refractivity contribution in [2.75, 3.05) is 32.1 Å². The molecule has 0 saturated carbocycles. The molecule has 0 aromatic carbocycles. The molecule has 3 N–H and O–H groups in total. The number of carbonyl (C=O) groups is 1. The smallest absolute Gasteiger partial charge is 0.274 e. The number of piperidine rings is 1. The zero-order valence-electron chi connectivity index (χ0n) is 16.4. The van der Waals surface area contributed by atoms with Crippen molar-refractivity contribution in [1.82, 2.24) is 24.9 Å². The fourth-order valence-electron chi connectivity index (χ4n) is 3.90. The number of alkyl halides is 2. The van der Waals surface area contributed by atoms with Crippen LogP contribution in [0.2, 0.25) is 0 Å². The Morgan fingerprint density at radius 1 is 1.28 bits per heavy atom. The molecule has 0 spiro atoms. The Morgan fingerprint density at radius 2 is 2.03 bits per heavy atom. The Labute approximate surface area is 167 Å². The van der Waals surface area contributed by atoms with Crippen molar-refractivity contribution in [3.8, 4) is 0 Å². The van der Waals surface area contributed by atoms with E-state index in [0.29, 0.717) is 6.54 Å². The summed E-state index contributed by atoms with van der Waals surface area (Å²) in [5.74, 6) is 0.258. The molecule has 2 atom stereocenters. The van der Waals surface area contributed by atoms with Crippen LogP contribution in [0.15, 0.2) is 36.2 Å². The van der Waals surface area contributed by atoms with Crippen molar-refractivity contribution in [1.29, 1.82) is 0 Å². The summed E-state index contributed by atoms with van der Waals surface area (Å²) >= 11 is 0. The lowest BCUT2D eigenvalue weighted by Crippen LogP contribution is -2.43. The van der Waals surface area contributed by atoms with E-state index >= 15 is 0 Å². The lowest BCUT2D eigenvalue weighted by atomic mass is 10.1. The van der Waals surface area contributed by atoms with Crippen LogP contribution in [0.5, 0.6) is 0 Å². The molecular formula is C19H25F2N7O. The molecule has 0 bridgehead atoms. The summed E-state index contributed by atoms with van der Waals surface area (Å²) in [4.78, 5) is 15.0. The van der Waals surface area contributed by atoms with Gasteiger partial charge in [-0.15, -0.1) is 5.10 Å². The van der Waals surface area contributed by atoms with Crippen LogP contribution in [0.3, 0.4) is 0 Å². The minimum atomic E-state index is -2.63. The highest BCUT2D eigenvalue weighted by atomic mass is 19.3. The first-order chi connectivity index (χ1) is 13.8. The molecule has 2 aromatic heterocycles. The third-order valence-electron chi connectivity index (χ3n) is 5.55. The molecule has 10 heteroatoms. The number of fused-ring (bicyclic) bond motifs is 1. The van der Waals surface area contributed by atoms with Crippen molar-refractivity contribution in [3.63, 3.8) is 0 Å². The topological polar surface area (TPSA) is 82.1 Å². The number of nitrogens with one attached hydrogen (secondary N) is 1. The Bertz CT molecular complexity index is 944. The van der Waals surface area contributed by atoms with Crippen LogP contribution in [0.4, 0.5) is 14.6 Å². The number of likely N-dealkylation sites (N-methyl/N-ethyl adjacent to an activating group) is 1. The van der Waals surface area contributed by atoms with E-state index in [1.54, 1.807) is 30.7 Å². The zero-order chi connectivity index (χ0) is 20.7. The number of amides is 1. The summed E-state index contributed by atoms with van der Waals surface area (Å²) < 4.78 is 28.5. The molecule has 0 aliphatic carbocycles. The van der Waals surface area contributed by atoms with E-state index in [1.165, 1.54) is 16.2 Å². The summed E-state index contributed by atoms with van der Waals surface area (Å²) in [5, 5.41) is 10.2. The number of carbonyl (C=O) groups excluding carboxylic acids is 1. The molecule has 1 unspecified atom stereocenters. The normalized spacial score (nSPS) is 23.2. The number of anilines is 1. The van der Waals surface area contributed by atoms with Crippen LogP contribution >= 0.6 is 0 Å².